The third kappa shape index (κ3) is 2.02. The van der Waals surface area contributed by atoms with Crippen molar-refractivity contribution in [3.8, 4) is 0 Å². The summed E-state index contributed by atoms with van der Waals surface area (Å²) in [5, 5.41) is 14.3. The summed E-state index contributed by atoms with van der Waals surface area (Å²) in [7, 11) is 0. The first kappa shape index (κ1) is 11.0. The van der Waals surface area contributed by atoms with Crippen molar-refractivity contribution in [2.75, 3.05) is 0 Å². The van der Waals surface area contributed by atoms with Gasteiger partial charge in [-0.25, -0.2) is 0 Å². The fourth-order valence-electron chi connectivity index (χ4n) is 1.73. The zero-order chi connectivity index (χ0) is 11.5. The van der Waals surface area contributed by atoms with E-state index < -0.39 is 6.10 Å². The van der Waals surface area contributed by atoms with Gasteiger partial charge in [-0.15, -0.1) is 0 Å². The Kier molecular flexibility index (Phi) is 3.10. The predicted octanol–water partition coefficient (Wildman–Crippen LogP) is 2.28. The standard InChI is InChI=1S/C12H16N2O2/c1-3-5-14-8-10(7-13-14)12(15)11-4-6-16-9(11)2/h4,6-8,12,15H,3,5H2,1-2H3. The highest BCUT2D eigenvalue weighted by atomic mass is 16.3. The monoisotopic (exact) mass is 220 g/mol. The number of rotatable bonds is 4. The summed E-state index contributed by atoms with van der Waals surface area (Å²) in [5.41, 5.74) is 1.61. The smallest absolute Gasteiger partial charge is 0.110 e. The third-order valence-electron chi connectivity index (χ3n) is 2.62. The number of aryl methyl sites for hydroxylation is 2. The van der Waals surface area contributed by atoms with Crippen LogP contribution in [-0.4, -0.2) is 14.9 Å². The molecule has 1 unspecified atom stereocenters. The average Bonchev–Trinajstić information content (AvgIpc) is 2.87. The van der Waals surface area contributed by atoms with E-state index in [0.717, 1.165) is 29.9 Å². The zero-order valence-corrected chi connectivity index (χ0v) is 9.55. The molecule has 0 aliphatic heterocycles. The number of aliphatic hydroxyl groups is 1. The van der Waals surface area contributed by atoms with Crippen LogP contribution >= 0.6 is 0 Å². The van der Waals surface area contributed by atoms with Gasteiger partial charge in [0.05, 0.1) is 12.5 Å². The molecule has 0 saturated heterocycles. The average molecular weight is 220 g/mol. The second kappa shape index (κ2) is 4.53. The molecule has 2 aromatic heterocycles. The van der Waals surface area contributed by atoms with Crippen LogP contribution in [0.2, 0.25) is 0 Å². The van der Waals surface area contributed by atoms with Gasteiger partial charge >= 0.3 is 0 Å². The molecule has 0 spiro atoms. The zero-order valence-electron chi connectivity index (χ0n) is 9.55. The van der Waals surface area contributed by atoms with Crippen LogP contribution in [0, 0.1) is 6.92 Å². The molecule has 0 bridgehead atoms. The fraction of sp³-hybridized carbons (Fsp3) is 0.417. The summed E-state index contributed by atoms with van der Waals surface area (Å²) in [6.45, 7) is 4.81. The second-order valence-electron chi connectivity index (χ2n) is 3.87. The van der Waals surface area contributed by atoms with Gasteiger partial charge in [-0.2, -0.15) is 5.10 Å². The normalized spacial score (nSPS) is 12.9. The van der Waals surface area contributed by atoms with Gasteiger partial charge in [0.25, 0.3) is 0 Å². The minimum absolute atomic E-state index is 0.649. The quantitative estimate of drug-likeness (QED) is 0.860. The molecule has 2 heterocycles. The molecule has 1 N–H and O–H groups in total. The molecular formula is C12H16N2O2. The maximum atomic E-state index is 10.1. The Morgan fingerprint density at radius 2 is 2.38 bits per heavy atom. The van der Waals surface area contributed by atoms with Gasteiger partial charge < -0.3 is 9.52 Å². The number of hydrogen-bond acceptors (Lipinski definition) is 3. The number of furan rings is 1. The minimum Gasteiger partial charge on any atom is -0.469 e. The summed E-state index contributed by atoms with van der Waals surface area (Å²) in [6, 6.07) is 1.79. The molecule has 0 aromatic carbocycles. The summed E-state index contributed by atoms with van der Waals surface area (Å²) in [6.07, 6.45) is 5.55. The Labute approximate surface area is 94.5 Å². The van der Waals surface area contributed by atoms with E-state index in [-0.39, 0.29) is 0 Å². The molecule has 1 atom stereocenters. The highest BCUT2D eigenvalue weighted by Gasteiger charge is 2.16. The number of aliphatic hydroxyl groups excluding tert-OH is 1. The molecule has 2 aromatic rings. The highest BCUT2D eigenvalue weighted by molar-refractivity contribution is 5.27. The van der Waals surface area contributed by atoms with Crippen molar-refractivity contribution in [1.29, 1.82) is 0 Å². The van der Waals surface area contributed by atoms with Gasteiger partial charge in [-0.05, 0) is 19.4 Å². The van der Waals surface area contributed by atoms with Crippen LogP contribution in [0.15, 0.2) is 29.1 Å². The Hall–Kier alpha value is -1.55. The topological polar surface area (TPSA) is 51.2 Å². The van der Waals surface area contributed by atoms with Gasteiger partial charge in [0.2, 0.25) is 0 Å². The van der Waals surface area contributed by atoms with Crippen LogP contribution in [0.4, 0.5) is 0 Å². The Morgan fingerprint density at radius 1 is 1.56 bits per heavy atom. The molecule has 0 fully saturated rings. The van der Waals surface area contributed by atoms with Crippen molar-refractivity contribution in [2.24, 2.45) is 0 Å². The van der Waals surface area contributed by atoms with Gasteiger partial charge in [0.1, 0.15) is 11.9 Å². The maximum Gasteiger partial charge on any atom is 0.110 e. The van der Waals surface area contributed by atoms with Gasteiger partial charge in [0, 0.05) is 23.9 Å². The van der Waals surface area contributed by atoms with Gasteiger partial charge in [-0.3, -0.25) is 4.68 Å². The van der Waals surface area contributed by atoms with Crippen molar-refractivity contribution >= 4 is 0 Å². The molecular weight excluding hydrogens is 204 g/mol. The second-order valence-corrected chi connectivity index (χ2v) is 3.87. The van der Waals surface area contributed by atoms with Crippen LogP contribution in [0.1, 0.15) is 36.3 Å². The number of hydrogen-bond donors (Lipinski definition) is 1. The van der Waals surface area contributed by atoms with Crippen molar-refractivity contribution < 1.29 is 9.52 Å². The summed E-state index contributed by atoms with van der Waals surface area (Å²) in [4.78, 5) is 0. The minimum atomic E-state index is -0.649. The Balaban J connectivity index is 2.20. The molecule has 4 heteroatoms. The third-order valence-corrected chi connectivity index (χ3v) is 2.62. The SMILES string of the molecule is CCCn1cc(C(O)c2ccoc2C)cn1. The Morgan fingerprint density at radius 3 is 3.00 bits per heavy atom. The molecule has 0 amide bonds. The van der Waals surface area contributed by atoms with E-state index in [4.69, 9.17) is 4.42 Å². The molecule has 4 nitrogen and oxygen atoms in total. The van der Waals surface area contributed by atoms with Gasteiger partial charge in [0.15, 0.2) is 0 Å². The molecule has 2 rings (SSSR count). The van der Waals surface area contributed by atoms with E-state index in [0.29, 0.717) is 0 Å². The predicted molar refractivity (Wildman–Crippen MR) is 60.0 cm³/mol. The van der Waals surface area contributed by atoms with Crippen LogP contribution in [-0.2, 0) is 6.54 Å². The van der Waals surface area contributed by atoms with Crippen LogP contribution in [0.3, 0.4) is 0 Å². The first-order valence-electron chi connectivity index (χ1n) is 5.46. The molecule has 0 saturated carbocycles. The largest absolute Gasteiger partial charge is 0.469 e. The van der Waals surface area contributed by atoms with Crippen molar-refractivity contribution in [3.05, 3.63) is 41.6 Å². The van der Waals surface area contributed by atoms with E-state index in [1.54, 1.807) is 18.5 Å². The lowest BCUT2D eigenvalue weighted by Gasteiger charge is -2.06. The molecule has 16 heavy (non-hydrogen) atoms. The highest BCUT2D eigenvalue weighted by Crippen LogP contribution is 2.24. The lowest BCUT2D eigenvalue weighted by atomic mass is 10.1. The van der Waals surface area contributed by atoms with E-state index in [1.807, 2.05) is 17.8 Å². The number of nitrogens with zero attached hydrogens (tertiary/aromatic N) is 2. The lowest BCUT2D eigenvalue weighted by molar-refractivity contribution is 0.218. The Bertz CT molecular complexity index is 459. The van der Waals surface area contributed by atoms with Crippen molar-refractivity contribution in [3.63, 3.8) is 0 Å². The maximum absolute atomic E-state index is 10.1. The lowest BCUT2D eigenvalue weighted by Crippen LogP contribution is -1.99. The number of aromatic nitrogens is 2. The van der Waals surface area contributed by atoms with E-state index in [1.165, 1.54) is 0 Å². The summed E-state index contributed by atoms with van der Waals surface area (Å²) < 4.78 is 7.02. The van der Waals surface area contributed by atoms with E-state index >= 15 is 0 Å². The van der Waals surface area contributed by atoms with Crippen LogP contribution in [0.5, 0.6) is 0 Å². The molecule has 0 aliphatic carbocycles. The van der Waals surface area contributed by atoms with Crippen LogP contribution < -0.4 is 0 Å². The van der Waals surface area contributed by atoms with Gasteiger partial charge in [-0.1, -0.05) is 6.92 Å². The molecule has 0 aliphatic rings. The van der Waals surface area contributed by atoms with Crippen molar-refractivity contribution in [2.45, 2.75) is 32.9 Å². The van der Waals surface area contributed by atoms with Crippen molar-refractivity contribution in [1.82, 2.24) is 9.78 Å². The fourth-order valence-corrected chi connectivity index (χ4v) is 1.73. The van der Waals surface area contributed by atoms with Crippen LogP contribution in [0.25, 0.3) is 0 Å². The molecule has 86 valence electrons. The van der Waals surface area contributed by atoms with E-state index in [2.05, 4.69) is 12.0 Å². The first-order valence-corrected chi connectivity index (χ1v) is 5.46. The summed E-state index contributed by atoms with van der Waals surface area (Å²) >= 11 is 0. The van der Waals surface area contributed by atoms with E-state index in [9.17, 15) is 5.11 Å². The first-order chi connectivity index (χ1) is 7.72. The summed E-state index contributed by atoms with van der Waals surface area (Å²) in [5.74, 6) is 0.746. The molecule has 0 radical (unpaired) electrons.